The van der Waals surface area contributed by atoms with Gasteiger partial charge in [0, 0.05) is 12.8 Å². The van der Waals surface area contributed by atoms with Crippen LogP contribution in [-0.4, -0.2) is 23.1 Å². The Labute approximate surface area is 243 Å². The van der Waals surface area contributed by atoms with Crippen LogP contribution in [0.3, 0.4) is 0 Å². The van der Waals surface area contributed by atoms with Crippen LogP contribution in [0, 0.1) is 0 Å². The van der Waals surface area contributed by atoms with E-state index in [1.165, 1.54) is 103 Å². The highest BCUT2D eigenvalue weighted by atomic mass is 16.5. The van der Waals surface area contributed by atoms with Crippen molar-refractivity contribution in [2.75, 3.05) is 0 Å². The quantitative estimate of drug-likeness (QED) is 0.0529. The van der Waals surface area contributed by atoms with Crippen molar-refractivity contribution in [2.45, 2.75) is 200 Å². The van der Waals surface area contributed by atoms with Crippen LogP contribution in [0.1, 0.15) is 194 Å². The molecule has 1 atom stereocenters. The van der Waals surface area contributed by atoms with Crippen molar-refractivity contribution in [1.82, 2.24) is 0 Å². The summed E-state index contributed by atoms with van der Waals surface area (Å²) in [6.07, 6.45) is 36.9. The molecule has 0 aliphatic carbocycles. The van der Waals surface area contributed by atoms with Crippen molar-refractivity contribution in [3.05, 3.63) is 12.2 Å². The molecule has 0 saturated carbocycles. The van der Waals surface area contributed by atoms with Gasteiger partial charge in [0.05, 0.1) is 0 Å². The van der Waals surface area contributed by atoms with E-state index in [1.807, 2.05) is 0 Å². The summed E-state index contributed by atoms with van der Waals surface area (Å²) in [7, 11) is 0. The van der Waals surface area contributed by atoms with Crippen molar-refractivity contribution >= 4 is 11.9 Å². The number of carboxylic acids is 1. The molecular weight excluding hydrogens is 484 g/mol. The molecule has 4 heteroatoms. The number of rotatable bonds is 31. The van der Waals surface area contributed by atoms with Gasteiger partial charge in [-0.15, -0.1) is 0 Å². The van der Waals surface area contributed by atoms with Gasteiger partial charge in [-0.1, -0.05) is 135 Å². The fraction of sp³-hybridized carbons (Fsp3) is 0.886. The Balaban J connectivity index is 3.67. The van der Waals surface area contributed by atoms with Crippen LogP contribution in [0.25, 0.3) is 0 Å². The maximum absolute atomic E-state index is 12.4. The lowest BCUT2D eigenvalue weighted by atomic mass is 10.0. The number of esters is 1. The molecule has 0 bridgehead atoms. The van der Waals surface area contributed by atoms with E-state index >= 15 is 0 Å². The van der Waals surface area contributed by atoms with Crippen LogP contribution < -0.4 is 0 Å². The molecule has 39 heavy (non-hydrogen) atoms. The van der Waals surface area contributed by atoms with Gasteiger partial charge in [-0.25, -0.2) is 0 Å². The Morgan fingerprint density at radius 1 is 0.538 bits per heavy atom. The van der Waals surface area contributed by atoms with Crippen molar-refractivity contribution in [3.8, 4) is 0 Å². The lowest BCUT2D eigenvalue weighted by Gasteiger charge is -2.18. The molecule has 0 saturated heterocycles. The average molecular weight is 551 g/mol. The molecule has 0 aliphatic rings. The molecule has 0 aromatic carbocycles. The standard InChI is InChI=1S/C35H66O4/c1-3-5-7-8-9-10-11-12-13-14-15-19-22-25-28-32-35(38)39-33(29-6-4-2)30-26-23-20-17-16-18-21-24-27-31-34(36)37/h12-13,33H,3-11,14-32H2,1-2H3,(H,36,37)/b13-12-. The molecule has 1 N–H and O–H groups in total. The molecule has 0 radical (unpaired) electrons. The summed E-state index contributed by atoms with van der Waals surface area (Å²) in [6, 6.07) is 0. The lowest BCUT2D eigenvalue weighted by Crippen LogP contribution is -2.18. The number of allylic oxidation sites excluding steroid dienone is 2. The topological polar surface area (TPSA) is 63.6 Å². The molecule has 230 valence electrons. The third-order valence-electron chi connectivity index (χ3n) is 7.74. The summed E-state index contributed by atoms with van der Waals surface area (Å²) in [6.45, 7) is 4.47. The van der Waals surface area contributed by atoms with Crippen LogP contribution in [0.4, 0.5) is 0 Å². The third kappa shape index (κ3) is 31.1. The Kier molecular flexibility index (Phi) is 30.2. The zero-order valence-electron chi connectivity index (χ0n) is 26.2. The molecule has 0 aliphatic heterocycles. The zero-order chi connectivity index (χ0) is 28.7. The first-order valence-electron chi connectivity index (χ1n) is 17.2. The van der Waals surface area contributed by atoms with Gasteiger partial charge in [-0.3, -0.25) is 9.59 Å². The van der Waals surface area contributed by atoms with Crippen LogP contribution >= 0.6 is 0 Å². The summed E-state index contributed by atoms with van der Waals surface area (Å²) < 4.78 is 5.88. The molecule has 0 amide bonds. The van der Waals surface area contributed by atoms with E-state index in [-0.39, 0.29) is 12.1 Å². The van der Waals surface area contributed by atoms with Gasteiger partial charge in [0.25, 0.3) is 0 Å². The second kappa shape index (κ2) is 31.2. The lowest BCUT2D eigenvalue weighted by molar-refractivity contribution is -0.150. The minimum absolute atomic E-state index is 0.0108. The predicted molar refractivity (Wildman–Crippen MR) is 167 cm³/mol. The first-order valence-corrected chi connectivity index (χ1v) is 17.2. The molecule has 0 fully saturated rings. The van der Waals surface area contributed by atoms with Crippen LogP contribution in [0.5, 0.6) is 0 Å². The minimum Gasteiger partial charge on any atom is -0.481 e. The van der Waals surface area contributed by atoms with Gasteiger partial charge in [0.2, 0.25) is 0 Å². The van der Waals surface area contributed by atoms with Crippen molar-refractivity contribution < 1.29 is 19.4 Å². The Morgan fingerprint density at radius 3 is 1.46 bits per heavy atom. The maximum Gasteiger partial charge on any atom is 0.306 e. The smallest absolute Gasteiger partial charge is 0.306 e. The van der Waals surface area contributed by atoms with Crippen LogP contribution in [0.2, 0.25) is 0 Å². The number of aliphatic carboxylic acids is 1. The van der Waals surface area contributed by atoms with Crippen molar-refractivity contribution in [1.29, 1.82) is 0 Å². The van der Waals surface area contributed by atoms with E-state index in [0.717, 1.165) is 64.2 Å². The number of unbranched alkanes of at least 4 members (excludes halogenated alkanes) is 20. The van der Waals surface area contributed by atoms with E-state index in [0.29, 0.717) is 12.8 Å². The van der Waals surface area contributed by atoms with Gasteiger partial charge in [0.15, 0.2) is 0 Å². The number of hydrogen-bond acceptors (Lipinski definition) is 3. The number of carbonyl (C=O) groups is 2. The van der Waals surface area contributed by atoms with E-state index in [1.54, 1.807) is 0 Å². The second-order valence-corrected chi connectivity index (χ2v) is 11.7. The summed E-state index contributed by atoms with van der Waals surface area (Å²) >= 11 is 0. The molecule has 1 unspecified atom stereocenters. The van der Waals surface area contributed by atoms with E-state index in [4.69, 9.17) is 9.84 Å². The van der Waals surface area contributed by atoms with Gasteiger partial charge < -0.3 is 9.84 Å². The van der Waals surface area contributed by atoms with Crippen molar-refractivity contribution in [2.24, 2.45) is 0 Å². The van der Waals surface area contributed by atoms with Gasteiger partial charge in [-0.05, 0) is 57.8 Å². The average Bonchev–Trinajstić information content (AvgIpc) is 2.92. The fourth-order valence-electron chi connectivity index (χ4n) is 5.16. The zero-order valence-corrected chi connectivity index (χ0v) is 26.2. The van der Waals surface area contributed by atoms with E-state index in [2.05, 4.69) is 26.0 Å². The van der Waals surface area contributed by atoms with Gasteiger partial charge in [-0.2, -0.15) is 0 Å². The van der Waals surface area contributed by atoms with E-state index in [9.17, 15) is 9.59 Å². The summed E-state index contributed by atoms with van der Waals surface area (Å²) in [5, 5.41) is 8.67. The molecule has 0 heterocycles. The monoisotopic (exact) mass is 550 g/mol. The molecule has 0 aromatic rings. The van der Waals surface area contributed by atoms with E-state index < -0.39 is 5.97 Å². The Morgan fingerprint density at radius 2 is 0.949 bits per heavy atom. The van der Waals surface area contributed by atoms with Crippen molar-refractivity contribution in [3.63, 3.8) is 0 Å². The number of ether oxygens (including phenoxy) is 1. The van der Waals surface area contributed by atoms with Crippen LogP contribution in [-0.2, 0) is 14.3 Å². The summed E-state index contributed by atoms with van der Waals surface area (Å²) in [5.41, 5.74) is 0. The predicted octanol–water partition coefficient (Wildman–Crippen LogP) is 11.5. The normalized spacial score (nSPS) is 12.3. The second-order valence-electron chi connectivity index (χ2n) is 11.7. The van der Waals surface area contributed by atoms with Gasteiger partial charge >= 0.3 is 11.9 Å². The molecular formula is C35H66O4. The molecule has 0 rings (SSSR count). The largest absolute Gasteiger partial charge is 0.481 e. The summed E-state index contributed by atoms with van der Waals surface area (Å²) in [5.74, 6) is -0.669. The minimum atomic E-state index is -0.680. The molecule has 0 aromatic heterocycles. The number of carboxylic acid groups (broad SMARTS) is 1. The first kappa shape index (κ1) is 37.7. The number of carbonyl (C=O) groups excluding carboxylic acids is 1. The van der Waals surface area contributed by atoms with Gasteiger partial charge in [0.1, 0.15) is 6.10 Å². The summed E-state index contributed by atoms with van der Waals surface area (Å²) in [4.78, 5) is 22.9. The molecule has 0 spiro atoms. The molecule has 4 nitrogen and oxygen atoms in total. The maximum atomic E-state index is 12.4. The highest BCUT2D eigenvalue weighted by Crippen LogP contribution is 2.17. The third-order valence-corrected chi connectivity index (χ3v) is 7.74. The Hall–Kier alpha value is -1.32. The van der Waals surface area contributed by atoms with Crippen LogP contribution in [0.15, 0.2) is 12.2 Å². The Bertz CT molecular complexity index is 557. The first-order chi connectivity index (χ1) is 19.1. The fourth-order valence-corrected chi connectivity index (χ4v) is 5.16. The highest BCUT2D eigenvalue weighted by molar-refractivity contribution is 5.69. The SMILES string of the molecule is CCCCCCCC/C=C\CCCCCCCC(=O)OC(CCCC)CCCCCCCCCCCC(=O)O. The number of hydrogen-bond donors (Lipinski definition) is 1. The highest BCUT2D eigenvalue weighted by Gasteiger charge is 2.13.